The maximum Gasteiger partial charge on any atom is 0.159 e. The normalized spacial score (nSPS) is 10.1. The van der Waals surface area contributed by atoms with Gasteiger partial charge in [-0.25, -0.2) is 4.39 Å². The van der Waals surface area contributed by atoms with Crippen molar-refractivity contribution in [3.63, 3.8) is 0 Å². The monoisotopic (exact) mass is 285 g/mol. The Kier molecular flexibility index (Phi) is 4.54. The van der Waals surface area contributed by atoms with Gasteiger partial charge in [-0.15, -0.1) is 11.8 Å². The molecule has 0 unspecified atom stereocenters. The third kappa shape index (κ3) is 3.46. The average molecular weight is 285 g/mol. The van der Waals surface area contributed by atoms with Crippen molar-refractivity contribution in [2.75, 3.05) is 0 Å². The molecule has 100 valence electrons. The lowest BCUT2D eigenvalue weighted by Gasteiger charge is -2.05. The van der Waals surface area contributed by atoms with E-state index in [9.17, 15) is 9.18 Å². The van der Waals surface area contributed by atoms with Crippen molar-refractivity contribution < 1.29 is 9.18 Å². The number of benzene rings is 2. The summed E-state index contributed by atoms with van der Waals surface area (Å²) in [6, 6.07) is 13.5. The molecular weight excluding hydrogens is 273 g/mol. The highest BCUT2D eigenvalue weighted by Crippen LogP contribution is 2.25. The lowest BCUT2D eigenvalue weighted by Crippen LogP contribution is -1.91. The molecule has 0 saturated heterocycles. The van der Waals surface area contributed by atoms with Crippen LogP contribution in [0.1, 0.15) is 28.4 Å². The molecule has 0 saturated carbocycles. The van der Waals surface area contributed by atoms with Gasteiger partial charge in [0.1, 0.15) is 5.82 Å². The molecule has 0 aromatic heterocycles. The summed E-state index contributed by atoms with van der Waals surface area (Å²) in [5, 5.41) is 8.81. The highest BCUT2D eigenvalue weighted by Gasteiger charge is 2.05. The second kappa shape index (κ2) is 6.36. The third-order valence-electron chi connectivity index (χ3n) is 2.83. The van der Waals surface area contributed by atoms with Gasteiger partial charge >= 0.3 is 0 Å². The molecule has 4 heteroatoms. The first-order valence-electron chi connectivity index (χ1n) is 6.02. The van der Waals surface area contributed by atoms with Crippen LogP contribution >= 0.6 is 11.8 Å². The quantitative estimate of drug-likeness (QED) is 0.624. The minimum absolute atomic E-state index is 0.0225. The van der Waals surface area contributed by atoms with E-state index in [1.807, 2.05) is 18.2 Å². The summed E-state index contributed by atoms with van der Waals surface area (Å²) in [4.78, 5) is 12.1. The smallest absolute Gasteiger partial charge is 0.159 e. The Hall–Kier alpha value is -2.12. The molecule has 0 aliphatic rings. The number of hydrogen-bond acceptors (Lipinski definition) is 3. The summed E-state index contributed by atoms with van der Waals surface area (Å²) in [5.41, 5.74) is 1.62. The van der Waals surface area contributed by atoms with Crippen LogP contribution in [0.3, 0.4) is 0 Å². The number of halogens is 1. The van der Waals surface area contributed by atoms with E-state index in [0.29, 0.717) is 22.4 Å². The van der Waals surface area contributed by atoms with Gasteiger partial charge in [0.05, 0.1) is 11.6 Å². The number of nitrogens with zero attached hydrogens (tertiary/aromatic N) is 1. The maximum absolute atomic E-state index is 13.6. The summed E-state index contributed by atoms with van der Waals surface area (Å²) in [6.45, 7) is 1.52. The Morgan fingerprint density at radius 3 is 2.55 bits per heavy atom. The molecule has 0 aliphatic carbocycles. The van der Waals surface area contributed by atoms with E-state index in [1.165, 1.54) is 30.8 Å². The average Bonchev–Trinajstić information content (AvgIpc) is 2.47. The Bertz CT molecular complexity index is 674. The lowest BCUT2D eigenvalue weighted by atomic mass is 10.1. The van der Waals surface area contributed by atoms with E-state index in [2.05, 4.69) is 0 Å². The standard InChI is InChI=1S/C16H12FNOS/c1-11(19)13-3-5-15(6-4-13)20-10-14-8-12(9-18)2-7-16(14)17/h2-8H,10H2,1H3. The zero-order valence-electron chi connectivity index (χ0n) is 10.9. The van der Waals surface area contributed by atoms with Gasteiger partial charge in [-0.05, 0) is 42.8 Å². The van der Waals surface area contributed by atoms with Gasteiger partial charge in [0.2, 0.25) is 0 Å². The molecule has 0 amide bonds. The van der Waals surface area contributed by atoms with Crippen LogP contribution < -0.4 is 0 Å². The molecule has 2 aromatic carbocycles. The summed E-state index contributed by atoms with van der Waals surface area (Å²) >= 11 is 1.47. The van der Waals surface area contributed by atoms with Crippen molar-refractivity contribution in [2.24, 2.45) is 0 Å². The van der Waals surface area contributed by atoms with E-state index in [1.54, 1.807) is 18.2 Å². The predicted molar refractivity (Wildman–Crippen MR) is 77.1 cm³/mol. The van der Waals surface area contributed by atoms with Crippen molar-refractivity contribution in [3.8, 4) is 6.07 Å². The first kappa shape index (κ1) is 14.3. The SMILES string of the molecule is CC(=O)c1ccc(SCc2cc(C#N)ccc2F)cc1. The molecule has 2 rings (SSSR count). The summed E-state index contributed by atoms with van der Waals surface area (Å²) in [6.07, 6.45) is 0. The van der Waals surface area contributed by atoms with E-state index in [0.717, 1.165) is 4.90 Å². The highest BCUT2D eigenvalue weighted by atomic mass is 32.2. The number of nitriles is 1. The first-order chi connectivity index (χ1) is 9.60. The minimum atomic E-state index is -0.308. The van der Waals surface area contributed by atoms with Crippen molar-refractivity contribution in [2.45, 2.75) is 17.6 Å². The molecule has 0 N–H and O–H groups in total. The Balaban J connectivity index is 2.09. The summed E-state index contributed by atoms with van der Waals surface area (Å²) in [7, 11) is 0. The zero-order chi connectivity index (χ0) is 14.5. The fraction of sp³-hybridized carbons (Fsp3) is 0.125. The Morgan fingerprint density at radius 2 is 1.95 bits per heavy atom. The van der Waals surface area contributed by atoms with Crippen molar-refractivity contribution in [1.82, 2.24) is 0 Å². The largest absolute Gasteiger partial charge is 0.295 e. The molecule has 2 nitrogen and oxygen atoms in total. The molecule has 0 spiro atoms. The number of carbonyl (C=O) groups is 1. The fourth-order valence-electron chi connectivity index (χ4n) is 1.70. The van der Waals surface area contributed by atoms with Crippen LogP contribution in [0.5, 0.6) is 0 Å². The van der Waals surface area contributed by atoms with Crippen LogP contribution in [0.2, 0.25) is 0 Å². The van der Waals surface area contributed by atoms with Crippen LogP contribution in [-0.2, 0) is 5.75 Å². The van der Waals surface area contributed by atoms with Gasteiger partial charge in [-0.2, -0.15) is 5.26 Å². The van der Waals surface area contributed by atoms with Gasteiger partial charge in [0.15, 0.2) is 5.78 Å². The van der Waals surface area contributed by atoms with Gasteiger partial charge < -0.3 is 0 Å². The number of rotatable bonds is 4. The topological polar surface area (TPSA) is 40.9 Å². The number of hydrogen-bond donors (Lipinski definition) is 0. The fourth-order valence-corrected chi connectivity index (χ4v) is 2.57. The van der Waals surface area contributed by atoms with E-state index < -0.39 is 0 Å². The van der Waals surface area contributed by atoms with Gasteiger partial charge in [-0.1, -0.05) is 12.1 Å². The van der Waals surface area contributed by atoms with Crippen LogP contribution in [0.25, 0.3) is 0 Å². The zero-order valence-corrected chi connectivity index (χ0v) is 11.7. The third-order valence-corrected chi connectivity index (χ3v) is 3.89. The maximum atomic E-state index is 13.6. The molecular formula is C16H12FNOS. The molecule has 0 fully saturated rings. The van der Waals surface area contributed by atoms with Crippen LogP contribution in [0, 0.1) is 17.1 Å². The van der Waals surface area contributed by atoms with Gasteiger partial charge in [-0.3, -0.25) is 4.79 Å². The van der Waals surface area contributed by atoms with Crippen LogP contribution in [0.4, 0.5) is 4.39 Å². The van der Waals surface area contributed by atoms with Gasteiger partial charge in [0, 0.05) is 16.2 Å². The second-order valence-electron chi connectivity index (χ2n) is 4.29. The molecule has 0 atom stereocenters. The predicted octanol–water partition coefficient (Wildman–Crippen LogP) is 4.19. The van der Waals surface area contributed by atoms with Crippen molar-refractivity contribution in [3.05, 3.63) is 65.0 Å². The molecule has 0 radical (unpaired) electrons. The number of carbonyl (C=O) groups excluding carboxylic acids is 1. The number of ketones is 1. The van der Waals surface area contributed by atoms with E-state index in [-0.39, 0.29) is 11.6 Å². The molecule has 2 aromatic rings. The summed E-state index contributed by atoms with van der Waals surface area (Å²) < 4.78 is 13.6. The van der Waals surface area contributed by atoms with Crippen molar-refractivity contribution >= 4 is 17.5 Å². The van der Waals surface area contributed by atoms with Gasteiger partial charge in [0.25, 0.3) is 0 Å². The second-order valence-corrected chi connectivity index (χ2v) is 5.34. The molecule has 0 bridgehead atoms. The van der Waals surface area contributed by atoms with E-state index >= 15 is 0 Å². The lowest BCUT2D eigenvalue weighted by molar-refractivity contribution is 0.101. The molecule has 0 heterocycles. The minimum Gasteiger partial charge on any atom is -0.295 e. The van der Waals surface area contributed by atoms with E-state index in [4.69, 9.17) is 5.26 Å². The van der Waals surface area contributed by atoms with Crippen LogP contribution in [0.15, 0.2) is 47.4 Å². The Labute approximate surface area is 121 Å². The Morgan fingerprint density at radius 1 is 1.25 bits per heavy atom. The van der Waals surface area contributed by atoms with Crippen molar-refractivity contribution in [1.29, 1.82) is 5.26 Å². The summed E-state index contributed by atoms with van der Waals surface area (Å²) in [5.74, 6) is 0.159. The highest BCUT2D eigenvalue weighted by molar-refractivity contribution is 7.98. The molecule has 20 heavy (non-hydrogen) atoms. The number of Topliss-reactive ketones (excluding diaryl/α,β-unsaturated/α-hetero) is 1. The van der Waals surface area contributed by atoms with Crippen LogP contribution in [-0.4, -0.2) is 5.78 Å². The number of thioether (sulfide) groups is 1. The molecule has 0 aliphatic heterocycles. The first-order valence-corrected chi connectivity index (χ1v) is 7.01.